The number of benzene rings is 1. The molecule has 20 heavy (non-hydrogen) atoms. The van der Waals surface area contributed by atoms with E-state index in [1.54, 1.807) is 0 Å². The highest BCUT2D eigenvalue weighted by molar-refractivity contribution is 6.31. The molecule has 0 atom stereocenters. The number of hydrogen-bond donors (Lipinski definition) is 1. The van der Waals surface area contributed by atoms with Gasteiger partial charge >= 0.3 is 0 Å². The first kappa shape index (κ1) is 14.7. The summed E-state index contributed by atoms with van der Waals surface area (Å²) in [4.78, 5) is 0. The maximum absolute atomic E-state index is 6.35. The van der Waals surface area contributed by atoms with Gasteiger partial charge < -0.3 is 10.1 Å². The van der Waals surface area contributed by atoms with Gasteiger partial charge in [-0.25, -0.2) is 0 Å². The van der Waals surface area contributed by atoms with E-state index in [0.717, 1.165) is 40.8 Å². The fourth-order valence-electron chi connectivity index (χ4n) is 2.02. The summed E-state index contributed by atoms with van der Waals surface area (Å²) >= 11 is 6.35. The molecule has 0 amide bonds. The summed E-state index contributed by atoms with van der Waals surface area (Å²) in [6.07, 6.45) is 0.829. The number of anilines is 1. The minimum atomic E-state index is 0.429. The van der Waals surface area contributed by atoms with Crippen LogP contribution in [0, 0.1) is 0 Å². The van der Waals surface area contributed by atoms with Gasteiger partial charge in [-0.05, 0) is 37.6 Å². The van der Waals surface area contributed by atoms with Crippen LogP contribution in [0.25, 0.3) is 0 Å². The standard InChI is InChI=1S/C15H20ClN3O/c1-4-13-15(16)14(19(5-2)18-13)10-20-12-8-6-11(17-3)7-9-12/h6-9,17H,4-5,10H2,1-3H3. The Morgan fingerprint density at radius 2 is 1.95 bits per heavy atom. The molecule has 2 aromatic rings. The van der Waals surface area contributed by atoms with E-state index in [1.165, 1.54) is 0 Å². The zero-order valence-electron chi connectivity index (χ0n) is 12.1. The van der Waals surface area contributed by atoms with E-state index in [9.17, 15) is 0 Å². The molecule has 0 spiro atoms. The van der Waals surface area contributed by atoms with E-state index in [2.05, 4.69) is 17.3 Å². The van der Waals surface area contributed by atoms with Gasteiger partial charge in [0.2, 0.25) is 0 Å². The molecular formula is C15H20ClN3O. The lowest BCUT2D eigenvalue weighted by atomic mass is 10.3. The second kappa shape index (κ2) is 6.66. The summed E-state index contributed by atoms with van der Waals surface area (Å²) in [6.45, 7) is 5.32. The van der Waals surface area contributed by atoms with Crippen LogP contribution in [-0.2, 0) is 19.6 Å². The van der Waals surface area contributed by atoms with Crippen LogP contribution in [-0.4, -0.2) is 16.8 Å². The lowest BCUT2D eigenvalue weighted by Gasteiger charge is -2.09. The number of halogens is 1. The fourth-order valence-corrected chi connectivity index (χ4v) is 2.35. The van der Waals surface area contributed by atoms with Gasteiger partial charge in [0.15, 0.2) is 0 Å². The number of aromatic nitrogens is 2. The van der Waals surface area contributed by atoms with Gasteiger partial charge in [0.05, 0.1) is 16.4 Å². The van der Waals surface area contributed by atoms with Gasteiger partial charge in [0, 0.05) is 19.3 Å². The van der Waals surface area contributed by atoms with Gasteiger partial charge in [0.1, 0.15) is 12.4 Å². The van der Waals surface area contributed by atoms with Crippen LogP contribution in [0.5, 0.6) is 5.75 Å². The topological polar surface area (TPSA) is 39.1 Å². The summed E-state index contributed by atoms with van der Waals surface area (Å²) in [5, 5.41) is 8.28. The first-order chi connectivity index (χ1) is 9.69. The van der Waals surface area contributed by atoms with Crippen molar-refractivity contribution >= 4 is 17.3 Å². The molecule has 1 aromatic heterocycles. The number of aryl methyl sites for hydroxylation is 2. The number of nitrogens with zero attached hydrogens (tertiary/aromatic N) is 2. The van der Waals surface area contributed by atoms with Crippen LogP contribution >= 0.6 is 11.6 Å². The van der Waals surface area contributed by atoms with E-state index < -0.39 is 0 Å². The summed E-state index contributed by atoms with van der Waals surface area (Å²) in [5.74, 6) is 0.821. The van der Waals surface area contributed by atoms with Crippen molar-refractivity contribution in [2.45, 2.75) is 33.4 Å². The number of hydrogen-bond acceptors (Lipinski definition) is 3. The highest BCUT2D eigenvalue weighted by Crippen LogP contribution is 2.24. The monoisotopic (exact) mass is 293 g/mol. The maximum Gasteiger partial charge on any atom is 0.131 e. The smallest absolute Gasteiger partial charge is 0.131 e. The molecular weight excluding hydrogens is 274 g/mol. The molecule has 0 saturated heterocycles. The summed E-state index contributed by atoms with van der Waals surface area (Å²) in [5.41, 5.74) is 2.92. The molecule has 1 aromatic carbocycles. The van der Waals surface area contributed by atoms with Crippen LogP contribution in [0.2, 0.25) is 5.02 Å². The third-order valence-corrected chi connectivity index (χ3v) is 3.65. The first-order valence-electron chi connectivity index (χ1n) is 6.84. The van der Waals surface area contributed by atoms with Crippen molar-refractivity contribution in [2.24, 2.45) is 0 Å². The Kier molecular flexibility index (Phi) is 4.90. The zero-order valence-corrected chi connectivity index (χ0v) is 12.9. The molecule has 0 saturated carbocycles. The molecule has 108 valence electrons. The van der Waals surface area contributed by atoms with Crippen molar-refractivity contribution in [3.8, 4) is 5.75 Å². The van der Waals surface area contributed by atoms with Crippen molar-refractivity contribution in [3.63, 3.8) is 0 Å². The second-order valence-electron chi connectivity index (χ2n) is 4.44. The number of ether oxygens (including phenoxy) is 1. The Labute approximate surface area is 124 Å². The molecule has 0 aliphatic rings. The molecule has 0 unspecified atom stereocenters. The van der Waals surface area contributed by atoms with Gasteiger partial charge in [-0.1, -0.05) is 18.5 Å². The summed E-state index contributed by atoms with van der Waals surface area (Å²) in [6, 6.07) is 7.83. The lowest BCUT2D eigenvalue weighted by molar-refractivity contribution is 0.292. The van der Waals surface area contributed by atoms with Crippen LogP contribution in [0.3, 0.4) is 0 Å². The Balaban J connectivity index is 2.11. The van der Waals surface area contributed by atoms with Crippen molar-refractivity contribution in [3.05, 3.63) is 40.7 Å². The maximum atomic E-state index is 6.35. The van der Waals surface area contributed by atoms with Crippen molar-refractivity contribution < 1.29 is 4.74 Å². The van der Waals surface area contributed by atoms with E-state index in [4.69, 9.17) is 16.3 Å². The Morgan fingerprint density at radius 1 is 1.25 bits per heavy atom. The van der Waals surface area contributed by atoms with Crippen LogP contribution in [0.4, 0.5) is 5.69 Å². The van der Waals surface area contributed by atoms with E-state index in [1.807, 2.05) is 42.9 Å². The molecule has 1 heterocycles. The van der Waals surface area contributed by atoms with Gasteiger partial charge in [-0.3, -0.25) is 4.68 Å². The molecule has 0 aliphatic carbocycles. The predicted molar refractivity (Wildman–Crippen MR) is 82.6 cm³/mol. The van der Waals surface area contributed by atoms with Gasteiger partial charge in [-0.15, -0.1) is 0 Å². The van der Waals surface area contributed by atoms with E-state index in [-0.39, 0.29) is 0 Å². The number of rotatable bonds is 6. The largest absolute Gasteiger partial charge is 0.487 e. The molecule has 4 nitrogen and oxygen atoms in total. The minimum absolute atomic E-state index is 0.429. The Hall–Kier alpha value is -1.68. The average Bonchev–Trinajstić information content (AvgIpc) is 2.81. The highest BCUT2D eigenvalue weighted by Gasteiger charge is 2.14. The molecule has 0 aliphatic heterocycles. The van der Waals surface area contributed by atoms with Gasteiger partial charge in [-0.2, -0.15) is 5.10 Å². The minimum Gasteiger partial charge on any atom is -0.487 e. The van der Waals surface area contributed by atoms with Gasteiger partial charge in [0.25, 0.3) is 0 Å². The van der Waals surface area contributed by atoms with Crippen molar-refractivity contribution in [1.29, 1.82) is 0 Å². The highest BCUT2D eigenvalue weighted by atomic mass is 35.5. The fraction of sp³-hybridized carbons (Fsp3) is 0.400. The summed E-state index contributed by atoms with van der Waals surface area (Å²) < 4.78 is 7.71. The molecule has 0 bridgehead atoms. The molecule has 0 radical (unpaired) electrons. The normalized spacial score (nSPS) is 10.6. The molecule has 1 N–H and O–H groups in total. The predicted octanol–water partition coefficient (Wildman–Crippen LogP) is 3.74. The summed E-state index contributed by atoms with van der Waals surface area (Å²) in [7, 11) is 1.89. The molecule has 2 rings (SSSR count). The van der Waals surface area contributed by atoms with E-state index in [0.29, 0.717) is 6.61 Å². The average molecular weight is 294 g/mol. The molecule has 0 fully saturated rings. The van der Waals surface area contributed by atoms with Crippen molar-refractivity contribution in [2.75, 3.05) is 12.4 Å². The Morgan fingerprint density at radius 3 is 2.50 bits per heavy atom. The third-order valence-electron chi connectivity index (χ3n) is 3.21. The molecule has 5 heteroatoms. The lowest BCUT2D eigenvalue weighted by Crippen LogP contribution is -2.06. The zero-order chi connectivity index (χ0) is 14.5. The van der Waals surface area contributed by atoms with Crippen molar-refractivity contribution in [1.82, 2.24) is 9.78 Å². The quantitative estimate of drug-likeness (QED) is 0.882. The van der Waals surface area contributed by atoms with Crippen LogP contribution in [0.15, 0.2) is 24.3 Å². The first-order valence-corrected chi connectivity index (χ1v) is 7.22. The van der Waals surface area contributed by atoms with Crippen LogP contribution < -0.4 is 10.1 Å². The Bertz CT molecular complexity index is 563. The van der Waals surface area contributed by atoms with Crippen LogP contribution in [0.1, 0.15) is 25.2 Å². The third kappa shape index (κ3) is 3.07. The SMILES string of the molecule is CCc1nn(CC)c(COc2ccc(NC)cc2)c1Cl. The second-order valence-corrected chi connectivity index (χ2v) is 4.82. The number of nitrogens with one attached hydrogen (secondary N) is 1. The van der Waals surface area contributed by atoms with E-state index >= 15 is 0 Å².